The first-order valence-electron chi connectivity index (χ1n) is 6.44. The number of rotatable bonds is 3. The molecule has 0 heterocycles. The topological polar surface area (TPSA) is 52.9 Å². The van der Waals surface area contributed by atoms with Crippen molar-refractivity contribution in [3.8, 4) is 6.07 Å². The number of halogens is 2. The normalized spacial score (nSPS) is 10.9. The Morgan fingerprint density at radius 1 is 1.27 bits per heavy atom. The summed E-state index contributed by atoms with van der Waals surface area (Å²) in [6, 6.07) is 12.4. The minimum absolute atomic E-state index is 0.0803. The van der Waals surface area contributed by atoms with E-state index in [2.05, 4.69) is 5.32 Å². The Labute approximate surface area is 132 Å². The first-order valence-corrected chi connectivity index (χ1v) is 6.82. The number of hydrogen-bond acceptors (Lipinski definition) is 2. The van der Waals surface area contributed by atoms with Gasteiger partial charge in [-0.1, -0.05) is 29.8 Å². The third-order valence-electron chi connectivity index (χ3n) is 2.98. The van der Waals surface area contributed by atoms with Crippen LogP contribution in [0.5, 0.6) is 0 Å². The maximum absolute atomic E-state index is 12.8. The van der Waals surface area contributed by atoms with E-state index in [1.807, 2.05) is 13.0 Å². The molecule has 1 N–H and O–H groups in total. The van der Waals surface area contributed by atoms with Crippen LogP contribution in [0.15, 0.2) is 48.0 Å². The summed E-state index contributed by atoms with van der Waals surface area (Å²) in [5.74, 6) is -0.929. The van der Waals surface area contributed by atoms with Gasteiger partial charge in [-0.25, -0.2) is 4.39 Å². The molecular formula is C17H12ClFN2O. The third kappa shape index (κ3) is 3.94. The van der Waals surface area contributed by atoms with Crippen molar-refractivity contribution in [2.75, 3.05) is 5.32 Å². The minimum Gasteiger partial charge on any atom is -0.321 e. The van der Waals surface area contributed by atoms with Crippen molar-refractivity contribution >= 4 is 29.3 Å². The van der Waals surface area contributed by atoms with E-state index in [1.165, 1.54) is 30.3 Å². The van der Waals surface area contributed by atoms with Gasteiger partial charge in [0, 0.05) is 10.7 Å². The Morgan fingerprint density at radius 2 is 1.95 bits per heavy atom. The molecule has 0 fully saturated rings. The second-order valence-electron chi connectivity index (χ2n) is 4.64. The maximum Gasteiger partial charge on any atom is 0.266 e. The predicted octanol–water partition coefficient (Wildman–Crippen LogP) is 4.33. The summed E-state index contributed by atoms with van der Waals surface area (Å²) in [4.78, 5) is 12.1. The van der Waals surface area contributed by atoms with Crippen LogP contribution in [0.1, 0.15) is 11.1 Å². The van der Waals surface area contributed by atoms with Crippen LogP contribution in [0.25, 0.3) is 6.08 Å². The second kappa shape index (κ2) is 6.88. The van der Waals surface area contributed by atoms with E-state index in [4.69, 9.17) is 16.9 Å². The lowest BCUT2D eigenvalue weighted by Crippen LogP contribution is -2.13. The number of nitrogens with zero attached hydrogens (tertiary/aromatic N) is 1. The summed E-state index contributed by atoms with van der Waals surface area (Å²) in [5.41, 5.74) is 1.88. The first kappa shape index (κ1) is 15.7. The largest absolute Gasteiger partial charge is 0.321 e. The van der Waals surface area contributed by atoms with Gasteiger partial charge >= 0.3 is 0 Å². The van der Waals surface area contributed by atoms with Gasteiger partial charge in [-0.2, -0.15) is 5.26 Å². The summed E-state index contributed by atoms with van der Waals surface area (Å²) in [6.07, 6.45) is 1.39. The molecule has 0 aliphatic rings. The van der Waals surface area contributed by atoms with Crippen LogP contribution < -0.4 is 5.32 Å². The molecular weight excluding hydrogens is 303 g/mol. The number of nitrogens with one attached hydrogen (secondary N) is 1. The van der Waals surface area contributed by atoms with Gasteiger partial charge < -0.3 is 5.32 Å². The number of aryl methyl sites for hydroxylation is 1. The van der Waals surface area contributed by atoms with Gasteiger partial charge in [0.1, 0.15) is 17.5 Å². The molecule has 110 valence electrons. The number of carbonyl (C=O) groups excluding carboxylic acids is 1. The second-order valence-corrected chi connectivity index (χ2v) is 5.05. The van der Waals surface area contributed by atoms with Crippen molar-refractivity contribution in [2.24, 2.45) is 0 Å². The molecule has 0 unspecified atom stereocenters. The molecule has 22 heavy (non-hydrogen) atoms. The number of benzene rings is 2. The molecule has 3 nitrogen and oxygen atoms in total. The van der Waals surface area contributed by atoms with E-state index in [0.717, 1.165) is 5.56 Å². The fraction of sp³-hybridized carbons (Fsp3) is 0.0588. The summed E-state index contributed by atoms with van der Waals surface area (Å²) in [6.45, 7) is 1.85. The Hall–Kier alpha value is -2.64. The van der Waals surface area contributed by atoms with Gasteiger partial charge in [-0.3, -0.25) is 4.79 Å². The molecule has 0 saturated heterocycles. The zero-order valence-corrected chi connectivity index (χ0v) is 12.5. The fourth-order valence-corrected chi connectivity index (χ4v) is 1.92. The van der Waals surface area contributed by atoms with E-state index in [-0.39, 0.29) is 11.4 Å². The highest BCUT2D eigenvalue weighted by molar-refractivity contribution is 6.31. The Balaban J connectivity index is 2.20. The van der Waals surface area contributed by atoms with Crippen LogP contribution in [0.4, 0.5) is 10.1 Å². The molecule has 2 aromatic carbocycles. The summed E-state index contributed by atoms with van der Waals surface area (Å²) >= 11 is 5.99. The summed E-state index contributed by atoms with van der Waals surface area (Å²) in [5, 5.41) is 12.2. The molecule has 2 aromatic rings. The van der Waals surface area contributed by atoms with E-state index in [9.17, 15) is 9.18 Å². The lowest BCUT2D eigenvalue weighted by atomic mass is 10.1. The van der Waals surface area contributed by atoms with E-state index in [1.54, 1.807) is 18.2 Å². The first-order chi connectivity index (χ1) is 10.5. The fourth-order valence-electron chi connectivity index (χ4n) is 1.74. The van der Waals surface area contributed by atoms with Crippen LogP contribution in [0.2, 0.25) is 5.02 Å². The molecule has 0 aromatic heterocycles. The highest BCUT2D eigenvalue weighted by atomic mass is 35.5. The third-order valence-corrected chi connectivity index (χ3v) is 3.38. The highest BCUT2D eigenvalue weighted by Gasteiger charge is 2.10. The predicted molar refractivity (Wildman–Crippen MR) is 84.8 cm³/mol. The van der Waals surface area contributed by atoms with Crippen molar-refractivity contribution < 1.29 is 9.18 Å². The molecule has 5 heteroatoms. The molecule has 0 atom stereocenters. The average molecular weight is 315 g/mol. The van der Waals surface area contributed by atoms with E-state index in [0.29, 0.717) is 16.3 Å². The van der Waals surface area contributed by atoms with Gasteiger partial charge in [0.25, 0.3) is 5.91 Å². The van der Waals surface area contributed by atoms with Gasteiger partial charge in [-0.05, 0) is 48.4 Å². The van der Waals surface area contributed by atoms with Crippen LogP contribution in [0, 0.1) is 24.1 Å². The number of amides is 1. The van der Waals surface area contributed by atoms with Gasteiger partial charge in [-0.15, -0.1) is 0 Å². The van der Waals surface area contributed by atoms with E-state index >= 15 is 0 Å². The average Bonchev–Trinajstić information content (AvgIpc) is 2.50. The number of carbonyl (C=O) groups is 1. The van der Waals surface area contributed by atoms with Gasteiger partial charge in [0.15, 0.2) is 0 Å². The molecule has 0 aliphatic carbocycles. The van der Waals surface area contributed by atoms with Gasteiger partial charge in [0.05, 0.1) is 0 Å². The van der Waals surface area contributed by atoms with Crippen LogP contribution in [0.3, 0.4) is 0 Å². The van der Waals surface area contributed by atoms with Crippen LogP contribution in [-0.2, 0) is 4.79 Å². The van der Waals surface area contributed by atoms with Crippen LogP contribution >= 0.6 is 11.6 Å². The molecule has 0 bridgehead atoms. The minimum atomic E-state index is -0.549. The Kier molecular flexibility index (Phi) is 4.92. The zero-order valence-electron chi connectivity index (χ0n) is 11.7. The monoisotopic (exact) mass is 314 g/mol. The van der Waals surface area contributed by atoms with Crippen molar-refractivity contribution in [3.63, 3.8) is 0 Å². The molecule has 1 amide bonds. The molecule has 0 aliphatic heterocycles. The molecule has 0 saturated carbocycles. The number of nitriles is 1. The smallest absolute Gasteiger partial charge is 0.266 e. The lowest BCUT2D eigenvalue weighted by molar-refractivity contribution is -0.112. The standard InChI is InChI=1S/C17H12ClFN2O/c1-11-2-7-15(9-16(11)18)21-17(22)13(10-20)8-12-3-5-14(19)6-4-12/h2-9H,1H3,(H,21,22)/b13-8+. The highest BCUT2D eigenvalue weighted by Crippen LogP contribution is 2.20. The van der Waals surface area contributed by atoms with Crippen molar-refractivity contribution in [2.45, 2.75) is 6.92 Å². The lowest BCUT2D eigenvalue weighted by Gasteiger charge is -2.06. The number of hydrogen-bond donors (Lipinski definition) is 1. The quantitative estimate of drug-likeness (QED) is 0.677. The molecule has 0 spiro atoms. The SMILES string of the molecule is Cc1ccc(NC(=O)/C(C#N)=C/c2ccc(F)cc2)cc1Cl. The van der Waals surface area contributed by atoms with Crippen molar-refractivity contribution in [1.82, 2.24) is 0 Å². The van der Waals surface area contributed by atoms with Crippen molar-refractivity contribution in [1.29, 1.82) is 5.26 Å². The summed E-state index contributed by atoms with van der Waals surface area (Å²) in [7, 11) is 0. The van der Waals surface area contributed by atoms with E-state index < -0.39 is 5.91 Å². The van der Waals surface area contributed by atoms with Crippen LogP contribution in [-0.4, -0.2) is 5.91 Å². The maximum atomic E-state index is 12.8. The molecule has 2 rings (SSSR count). The Bertz CT molecular complexity index is 776. The van der Waals surface area contributed by atoms with Gasteiger partial charge in [0.2, 0.25) is 0 Å². The Morgan fingerprint density at radius 3 is 2.55 bits per heavy atom. The summed E-state index contributed by atoms with van der Waals surface area (Å²) < 4.78 is 12.8. The molecule has 0 radical (unpaired) electrons. The zero-order chi connectivity index (χ0) is 16.1. The van der Waals surface area contributed by atoms with Crippen molar-refractivity contribution in [3.05, 3.63) is 70.0 Å². The number of anilines is 1.